The molecule has 1 saturated heterocycles. The minimum atomic E-state index is -0.0574. The van der Waals surface area contributed by atoms with E-state index in [2.05, 4.69) is 22.5 Å². The van der Waals surface area contributed by atoms with Crippen molar-refractivity contribution >= 4 is 17.6 Å². The molecule has 2 rings (SSSR count). The number of likely N-dealkylation sites (tertiary alicyclic amines) is 1. The molecule has 2 N–H and O–H groups in total. The molecule has 1 heterocycles. The normalized spacial score (nSPS) is 17.4. The highest BCUT2D eigenvalue weighted by Gasteiger charge is 2.19. The molecule has 0 radical (unpaired) electrons. The van der Waals surface area contributed by atoms with E-state index in [1.54, 1.807) is 7.11 Å². The highest BCUT2D eigenvalue weighted by Crippen LogP contribution is 2.24. The van der Waals surface area contributed by atoms with E-state index < -0.39 is 0 Å². The minimum Gasteiger partial charge on any atom is -0.487 e. The number of nitrogens with one attached hydrogen (secondary N) is 2. The maximum atomic E-state index is 6.16. The van der Waals surface area contributed by atoms with Gasteiger partial charge in [0.25, 0.3) is 0 Å². The van der Waals surface area contributed by atoms with E-state index in [1.807, 2.05) is 31.2 Å². The summed E-state index contributed by atoms with van der Waals surface area (Å²) in [5, 5.41) is 7.55. The summed E-state index contributed by atoms with van der Waals surface area (Å²) in [5.41, 5.74) is 0. The standard InChI is InChI=1S/C21H35ClN4O2/c1-4-23-21(24-16-17(2)28-20-9-6-5-8-19(20)22)25-18-10-13-26(14-11-18)12-7-15-27-3/h5-6,8-9,17-18H,4,7,10-16H2,1-3H3,(H2,23,24,25). The highest BCUT2D eigenvalue weighted by atomic mass is 35.5. The molecular weight excluding hydrogens is 376 g/mol. The van der Waals surface area contributed by atoms with E-state index in [0.29, 0.717) is 23.4 Å². The van der Waals surface area contributed by atoms with E-state index in [9.17, 15) is 0 Å². The van der Waals surface area contributed by atoms with Crippen molar-refractivity contribution in [3.05, 3.63) is 29.3 Å². The van der Waals surface area contributed by atoms with Crippen molar-refractivity contribution in [1.82, 2.24) is 15.5 Å². The van der Waals surface area contributed by atoms with Gasteiger partial charge in [0.15, 0.2) is 5.96 Å². The lowest BCUT2D eigenvalue weighted by Crippen LogP contribution is -2.49. The van der Waals surface area contributed by atoms with Gasteiger partial charge in [0, 0.05) is 45.9 Å². The van der Waals surface area contributed by atoms with E-state index in [0.717, 1.165) is 58.0 Å². The van der Waals surface area contributed by atoms with Crippen molar-refractivity contribution in [2.45, 2.75) is 45.3 Å². The Balaban J connectivity index is 1.78. The first kappa shape index (κ1) is 22.8. The molecule has 0 spiro atoms. The van der Waals surface area contributed by atoms with Crippen LogP contribution in [0.1, 0.15) is 33.1 Å². The van der Waals surface area contributed by atoms with Crippen molar-refractivity contribution in [2.24, 2.45) is 4.99 Å². The van der Waals surface area contributed by atoms with Crippen LogP contribution in [0.2, 0.25) is 5.02 Å². The summed E-state index contributed by atoms with van der Waals surface area (Å²) in [6.07, 6.45) is 3.30. The largest absolute Gasteiger partial charge is 0.487 e. The Bertz CT molecular complexity index is 592. The molecule has 28 heavy (non-hydrogen) atoms. The Hall–Kier alpha value is -1.50. The molecule has 1 aromatic rings. The van der Waals surface area contributed by atoms with Gasteiger partial charge in [0.05, 0.1) is 11.6 Å². The van der Waals surface area contributed by atoms with Crippen LogP contribution >= 0.6 is 11.6 Å². The van der Waals surface area contributed by atoms with Crippen LogP contribution in [0.25, 0.3) is 0 Å². The molecule has 6 nitrogen and oxygen atoms in total. The van der Waals surface area contributed by atoms with Gasteiger partial charge in [0.1, 0.15) is 11.9 Å². The quantitative estimate of drug-likeness (QED) is 0.352. The van der Waals surface area contributed by atoms with Crippen LogP contribution < -0.4 is 15.4 Å². The van der Waals surface area contributed by atoms with E-state index in [-0.39, 0.29) is 6.10 Å². The predicted molar refractivity (Wildman–Crippen MR) is 117 cm³/mol. The summed E-state index contributed by atoms with van der Waals surface area (Å²) in [7, 11) is 1.76. The van der Waals surface area contributed by atoms with Crippen LogP contribution in [0.4, 0.5) is 0 Å². The van der Waals surface area contributed by atoms with E-state index in [1.165, 1.54) is 0 Å². The summed E-state index contributed by atoms with van der Waals surface area (Å²) >= 11 is 6.16. The molecule has 0 saturated carbocycles. The fraction of sp³-hybridized carbons (Fsp3) is 0.667. The van der Waals surface area contributed by atoms with Crippen molar-refractivity contribution in [3.8, 4) is 5.75 Å². The topological polar surface area (TPSA) is 58.1 Å². The number of halogens is 1. The number of hydrogen-bond acceptors (Lipinski definition) is 4. The molecule has 0 aliphatic carbocycles. The van der Waals surface area contributed by atoms with E-state index in [4.69, 9.17) is 26.1 Å². The number of ether oxygens (including phenoxy) is 2. The Morgan fingerprint density at radius 3 is 2.75 bits per heavy atom. The average Bonchev–Trinajstić information content (AvgIpc) is 2.69. The summed E-state index contributed by atoms with van der Waals surface area (Å²) in [5.74, 6) is 1.56. The van der Waals surface area contributed by atoms with Crippen LogP contribution in [-0.4, -0.2) is 69.4 Å². The van der Waals surface area contributed by atoms with Gasteiger partial charge in [-0.1, -0.05) is 23.7 Å². The second kappa shape index (κ2) is 12.9. The average molecular weight is 411 g/mol. The van der Waals surface area contributed by atoms with E-state index >= 15 is 0 Å². The van der Waals surface area contributed by atoms with Crippen LogP contribution in [0.5, 0.6) is 5.75 Å². The first-order valence-electron chi connectivity index (χ1n) is 10.3. The molecule has 0 bridgehead atoms. The molecule has 1 unspecified atom stereocenters. The second-order valence-electron chi connectivity index (χ2n) is 7.19. The van der Waals surface area contributed by atoms with Crippen LogP contribution in [-0.2, 0) is 4.74 Å². The van der Waals surface area contributed by atoms with Gasteiger partial charge in [-0.15, -0.1) is 0 Å². The van der Waals surface area contributed by atoms with Crippen molar-refractivity contribution in [2.75, 3.05) is 46.4 Å². The zero-order chi connectivity index (χ0) is 20.2. The fourth-order valence-electron chi connectivity index (χ4n) is 3.26. The number of nitrogens with zero attached hydrogens (tertiary/aromatic N) is 2. The number of piperidine rings is 1. The number of para-hydroxylation sites is 1. The summed E-state index contributed by atoms with van der Waals surface area (Å²) in [6, 6.07) is 7.99. The monoisotopic (exact) mass is 410 g/mol. The lowest BCUT2D eigenvalue weighted by Gasteiger charge is -2.33. The molecular formula is C21H35ClN4O2. The molecule has 1 aliphatic heterocycles. The third kappa shape index (κ3) is 8.25. The minimum absolute atomic E-state index is 0.0574. The Kier molecular flexibility index (Phi) is 10.5. The van der Waals surface area contributed by atoms with Gasteiger partial charge in [-0.25, -0.2) is 4.99 Å². The molecule has 1 atom stereocenters. The lowest BCUT2D eigenvalue weighted by molar-refractivity contribution is 0.155. The summed E-state index contributed by atoms with van der Waals surface area (Å²) in [6.45, 7) is 9.68. The van der Waals surface area contributed by atoms with Gasteiger partial charge in [-0.05, 0) is 45.2 Å². The second-order valence-corrected chi connectivity index (χ2v) is 7.59. The summed E-state index contributed by atoms with van der Waals surface area (Å²) in [4.78, 5) is 7.22. The third-order valence-electron chi connectivity index (χ3n) is 4.77. The number of hydrogen-bond donors (Lipinski definition) is 2. The number of methoxy groups -OCH3 is 1. The molecule has 0 aromatic heterocycles. The zero-order valence-corrected chi connectivity index (χ0v) is 18.2. The predicted octanol–water partition coefficient (Wildman–Crippen LogP) is 3.16. The van der Waals surface area contributed by atoms with Gasteiger partial charge in [-0.3, -0.25) is 0 Å². The highest BCUT2D eigenvalue weighted by molar-refractivity contribution is 6.32. The van der Waals surface area contributed by atoms with Crippen LogP contribution in [0, 0.1) is 0 Å². The maximum Gasteiger partial charge on any atom is 0.191 e. The Labute approximate surface area is 174 Å². The molecule has 0 amide bonds. The maximum absolute atomic E-state index is 6.16. The molecule has 158 valence electrons. The molecule has 1 aliphatic rings. The smallest absolute Gasteiger partial charge is 0.191 e. The third-order valence-corrected chi connectivity index (χ3v) is 5.08. The van der Waals surface area contributed by atoms with Gasteiger partial charge < -0.3 is 25.0 Å². The number of benzene rings is 1. The number of aliphatic imine (C=N–C) groups is 1. The number of rotatable bonds is 10. The molecule has 7 heteroatoms. The first-order valence-corrected chi connectivity index (χ1v) is 10.7. The molecule has 1 fully saturated rings. The van der Waals surface area contributed by atoms with Gasteiger partial charge >= 0.3 is 0 Å². The zero-order valence-electron chi connectivity index (χ0n) is 17.4. The SMILES string of the molecule is CCNC(=NCC(C)Oc1ccccc1Cl)NC1CCN(CCCOC)CC1. The van der Waals surface area contributed by atoms with Crippen molar-refractivity contribution in [1.29, 1.82) is 0 Å². The molecule has 1 aromatic carbocycles. The van der Waals surface area contributed by atoms with Gasteiger partial charge in [0.2, 0.25) is 0 Å². The lowest BCUT2D eigenvalue weighted by atomic mass is 10.1. The van der Waals surface area contributed by atoms with Crippen molar-refractivity contribution in [3.63, 3.8) is 0 Å². The van der Waals surface area contributed by atoms with Crippen molar-refractivity contribution < 1.29 is 9.47 Å². The Morgan fingerprint density at radius 2 is 2.07 bits per heavy atom. The first-order chi connectivity index (χ1) is 13.6. The summed E-state index contributed by atoms with van der Waals surface area (Å²) < 4.78 is 11.1. The Morgan fingerprint density at radius 1 is 1.32 bits per heavy atom. The number of guanidine groups is 1. The van der Waals surface area contributed by atoms with Gasteiger partial charge in [-0.2, -0.15) is 0 Å². The van der Waals surface area contributed by atoms with Crippen LogP contribution in [0.3, 0.4) is 0 Å². The fourth-order valence-corrected chi connectivity index (χ4v) is 3.44. The van der Waals surface area contributed by atoms with Crippen LogP contribution in [0.15, 0.2) is 29.3 Å².